The van der Waals surface area contributed by atoms with Crippen molar-refractivity contribution in [3.05, 3.63) is 23.8 Å². The van der Waals surface area contributed by atoms with Crippen molar-refractivity contribution in [2.45, 2.75) is 31.7 Å². The molecular formula is C14H18N2O2. The second-order valence-corrected chi connectivity index (χ2v) is 4.73. The van der Waals surface area contributed by atoms with Gasteiger partial charge >= 0.3 is 0 Å². The van der Waals surface area contributed by atoms with E-state index < -0.39 is 0 Å². The van der Waals surface area contributed by atoms with E-state index in [0.29, 0.717) is 0 Å². The standard InChI is InChI=1S/C14H18N2O2/c15-10-12(16-7-3-1-2-4-8-16)11-5-6-13(17)14(18)9-11/h5-6,9,12,17-18H,1-4,7-8H2. The molecule has 0 aliphatic carbocycles. The van der Waals surface area contributed by atoms with Crippen LogP contribution in [-0.4, -0.2) is 28.2 Å². The molecule has 0 aromatic heterocycles. The molecule has 2 N–H and O–H groups in total. The zero-order chi connectivity index (χ0) is 13.0. The van der Waals surface area contributed by atoms with Crippen molar-refractivity contribution >= 4 is 0 Å². The Bertz CT molecular complexity index is 446. The van der Waals surface area contributed by atoms with Crippen LogP contribution in [0.15, 0.2) is 18.2 Å². The Morgan fingerprint density at radius 3 is 2.28 bits per heavy atom. The summed E-state index contributed by atoms with van der Waals surface area (Å²) in [7, 11) is 0. The summed E-state index contributed by atoms with van der Waals surface area (Å²) in [4.78, 5) is 2.15. The van der Waals surface area contributed by atoms with Gasteiger partial charge in [-0.2, -0.15) is 5.26 Å². The number of aromatic hydroxyl groups is 2. The van der Waals surface area contributed by atoms with Gasteiger partial charge in [0, 0.05) is 0 Å². The SMILES string of the molecule is N#CC(c1ccc(O)c(O)c1)N1CCCCCC1. The highest BCUT2D eigenvalue weighted by molar-refractivity contribution is 5.42. The molecule has 1 aliphatic heterocycles. The molecule has 0 radical (unpaired) electrons. The van der Waals surface area contributed by atoms with Crippen LogP contribution in [0, 0.1) is 11.3 Å². The summed E-state index contributed by atoms with van der Waals surface area (Å²) in [6, 6.07) is 6.58. The maximum atomic E-state index is 9.52. The Hall–Kier alpha value is -1.73. The molecule has 0 spiro atoms. The lowest BCUT2D eigenvalue weighted by Gasteiger charge is -2.25. The van der Waals surface area contributed by atoms with Crippen LogP contribution in [-0.2, 0) is 0 Å². The fourth-order valence-corrected chi connectivity index (χ4v) is 2.43. The summed E-state index contributed by atoms with van der Waals surface area (Å²) in [5.74, 6) is -0.311. The van der Waals surface area contributed by atoms with E-state index in [9.17, 15) is 15.5 Å². The number of nitriles is 1. The van der Waals surface area contributed by atoms with Crippen molar-refractivity contribution in [3.8, 4) is 17.6 Å². The molecule has 1 atom stereocenters. The minimum atomic E-state index is -0.338. The van der Waals surface area contributed by atoms with Crippen LogP contribution < -0.4 is 0 Å². The minimum absolute atomic E-state index is 0.147. The molecule has 96 valence electrons. The molecule has 1 saturated heterocycles. The molecule has 1 unspecified atom stereocenters. The molecule has 4 heteroatoms. The van der Waals surface area contributed by atoms with Crippen molar-refractivity contribution < 1.29 is 10.2 Å². The lowest BCUT2D eigenvalue weighted by Crippen LogP contribution is -2.28. The van der Waals surface area contributed by atoms with Gasteiger partial charge in [-0.15, -0.1) is 0 Å². The lowest BCUT2D eigenvalue weighted by atomic mass is 10.1. The van der Waals surface area contributed by atoms with Gasteiger partial charge in [0.1, 0.15) is 6.04 Å². The van der Waals surface area contributed by atoms with Gasteiger partial charge in [0.05, 0.1) is 6.07 Å². The minimum Gasteiger partial charge on any atom is -0.504 e. The normalized spacial score (nSPS) is 18.8. The van der Waals surface area contributed by atoms with E-state index in [1.165, 1.54) is 25.0 Å². The summed E-state index contributed by atoms with van der Waals surface area (Å²) in [6.45, 7) is 1.83. The van der Waals surface area contributed by atoms with E-state index in [-0.39, 0.29) is 17.5 Å². The molecular weight excluding hydrogens is 228 g/mol. The highest BCUT2D eigenvalue weighted by Gasteiger charge is 2.21. The molecule has 1 aromatic rings. The predicted octanol–water partition coefficient (Wildman–Crippen LogP) is 2.54. The van der Waals surface area contributed by atoms with Gasteiger partial charge in [0.15, 0.2) is 11.5 Å². The van der Waals surface area contributed by atoms with Gasteiger partial charge in [-0.25, -0.2) is 0 Å². The molecule has 1 aromatic carbocycles. The summed E-state index contributed by atoms with van der Waals surface area (Å²) in [5, 5.41) is 28.2. The first kappa shape index (κ1) is 12.7. The second kappa shape index (κ2) is 5.74. The highest BCUT2D eigenvalue weighted by Crippen LogP contribution is 2.30. The largest absolute Gasteiger partial charge is 0.504 e. The fraction of sp³-hybridized carbons (Fsp3) is 0.500. The summed E-state index contributed by atoms with van der Waals surface area (Å²) < 4.78 is 0. The van der Waals surface area contributed by atoms with Crippen LogP contribution in [0.1, 0.15) is 37.3 Å². The summed E-state index contributed by atoms with van der Waals surface area (Å²) >= 11 is 0. The van der Waals surface area contributed by atoms with Crippen molar-refractivity contribution in [1.82, 2.24) is 4.90 Å². The van der Waals surface area contributed by atoms with Gasteiger partial charge in [0.25, 0.3) is 0 Å². The third-order valence-electron chi connectivity index (χ3n) is 3.44. The first-order chi connectivity index (χ1) is 8.72. The number of likely N-dealkylation sites (tertiary alicyclic amines) is 1. The Kier molecular flexibility index (Phi) is 4.06. The van der Waals surface area contributed by atoms with Crippen LogP contribution in [0.4, 0.5) is 0 Å². The maximum Gasteiger partial charge on any atom is 0.157 e. The topological polar surface area (TPSA) is 67.5 Å². The van der Waals surface area contributed by atoms with Crippen LogP contribution in [0.3, 0.4) is 0 Å². The van der Waals surface area contributed by atoms with Crippen molar-refractivity contribution in [2.24, 2.45) is 0 Å². The van der Waals surface area contributed by atoms with Crippen LogP contribution in [0.5, 0.6) is 11.5 Å². The average Bonchev–Trinajstić information content (AvgIpc) is 2.64. The van der Waals surface area contributed by atoms with Crippen LogP contribution in [0.2, 0.25) is 0 Å². The zero-order valence-electron chi connectivity index (χ0n) is 10.3. The highest BCUT2D eigenvalue weighted by atomic mass is 16.3. The third-order valence-corrected chi connectivity index (χ3v) is 3.44. The van der Waals surface area contributed by atoms with Gasteiger partial charge in [-0.3, -0.25) is 4.90 Å². The summed E-state index contributed by atoms with van der Waals surface area (Å²) in [5.41, 5.74) is 0.745. The van der Waals surface area contributed by atoms with Crippen LogP contribution in [0.25, 0.3) is 0 Å². The van der Waals surface area contributed by atoms with Crippen molar-refractivity contribution in [1.29, 1.82) is 5.26 Å². The monoisotopic (exact) mass is 246 g/mol. The zero-order valence-corrected chi connectivity index (χ0v) is 10.3. The molecule has 0 saturated carbocycles. The lowest BCUT2D eigenvalue weighted by molar-refractivity contribution is 0.245. The van der Waals surface area contributed by atoms with Gasteiger partial charge in [0.2, 0.25) is 0 Å². The summed E-state index contributed by atoms with van der Waals surface area (Å²) in [6.07, 6.45) is 4.66. The molecule has 18 heavy (non-hydrogen) atoms. The van der Waals surface area contributed by atoms with Crippen molar-refractivity contribution in [3.63, 3.8) is 0 Å². The number of phenols is 2. The van der Waals surface area contributed by atoms with E-state index in [1.807, 2.05) is 0 Å². The Balaban J connectivity index is 2.21. The van der Waals surface area contributed by atoms with E-state index in [4.69, 9.17) is 0 Å². The number of phenolic OH excluding ortho intramolecular Hbond substituents is 2. The molecule has 0 bridgehead atoms. The Morgan fingerprint density at radius 1 is 1.06 bits per heavy atom. The predicted molar refractivity (Wildman–Crippen MR) is 68.2 cm³/mol. The molecule has 1 heterocycles. The van der Waals surface area contributed by atoms with E-state index in [0.717, 1.165) is 31.5 Å². The van der Waals surface area contributed by atoms with Gasteiger partial charge < -0.3 is 10.2 Å². The Labute approximate surface area is 107 Å². The van der Waals surface area contributed by atoms with Crippen LogP contribution >= 0.6 is 0 Å². The van der Waals surface area contributed by atoms with E-state index in [1.54, 1.807) is 6.07 Å². The smallest absolute Gasteiger partial charge is 0.157 e. The van der Waals surface area contributed by atoms with Crippen molar-refractivity contribution in [2.75, 3.05) is 13.1 Å². The number of rotatable bonds is 2. The number of hydrogen-bond donors (Lipinski definition) is 2. The van der Waals surface area contributed by atoms with Gasteiger partial charge in [-0.05, 0) is 43.6 Å². The van der Waals surface area contributed by atoms with E-state index in [2.05, 4.69) is 11.0 Å². The first-order valence-electron chi connectivity index (χ1n) is 6.38. The first-order valence-corrected chi connectivity index (χ1v) is 6.38. The molecule has 4 nitrogen and oxygen atoms in total. The number of benzene rings is 1. The quantitative estimate of drug-likeness (QED) is 0.787. The van der Waals surface area contributed by atoms with E-state index >= 15 is 0 Å². The number of nitrogens with zero attached hydrogens (tertiary/aromatic N) is 2. The number of hydrogen-bond acceptors (Lipinski definition) is 4. The molecule has 2 rings (SSSR count). The second-order valence-electron chi connectivity index (χ2n) is 4.73. The average molecular weight is 246 g/mol. The Morgan fingerprint density at radius 2 is 1.72 bits per heavy atom. The molecule has 1 fully saturated rings. The molecule has 0 amide bonds. The van der Waals surface area contributed by atoms with Gasteiger partial charge in [-0.1, -0.05) is 18.9 Å². The molecule has 1 aliphatic rings. The third kappa shape index (κ3) is 2.74. The maximum absolute atomic E-state index is 9.52. The fourth-order valence-electron chi connectivity index (χ4n) is 2.43.